The van der Waals surface area contributed by atoms with E-state index >= 15 is 0 Å². The molecule has 0 bridgehead atoms. The predicted molar refractivity (Wildman–Crippen MR) is 57.6 cm³/mol. The fourth-order valence-corrected chi connectivity index (χ4v) is 1.45. The first-order valence-electron chi connectivity index (χ1n) is 4.22. The summed E-state index contributed by atoms with van der Waals surface area (Å²) in [7, 11) is -4.79. The van der Waals surface area contributed by atoms with E-state index in [4.69, 9.17) is 14.9 Å². The molecule has 0 aromatic heterocycles. The molecule has 1 rings (SSSR count). The molecule has 16 heavy (non-hydrogen) atoms. The summed E-state index contributed by atoms with van der Waals surface area (Å²) in [5.41, 5.74) is 2.71. The van der Waals surface area contributed by atoms with Crippen molar-refractivity contribution in [2.75, 3.05) is 0 Å². The Morgan fingerprint density at radius 1 is 1.25 bits per heavy atom. The molecular formula is C10H9O5P. The molecule has 0 radical (unpaired) electrons. The fourth-order valence-electron chi connectivity index (χ4n) is 0.971. The lowest BCUT2D eigenvalue weighted by molar-refractivity contribution is -0.132. The maximum Gasteiger partial charge on any atom is 0.371 e. The van der Waals surface area contributed by atoms with Gasteiger partial charge in [0.05, 0.1) is 0 Å². The smallest absolute Gasteiger partial charge is 0.371 e. The van der Waals surface area contributed by atoms with Gasteiger partial charge in [0.2, 0.25) is 0 Å². The fraction of sp³-hybridized carbons (Fsp3) is 0. The second-order valence-corrected chi connectivity index (χ2v) is 4.43. The lowest BCUT2D eigenvalue weighted by Crippen LogP contribution is -1.99. The molecule has 3 N–H and O–H groups in total. The van der Waals surface area contributed by atoms with Crippen LogP contribution in [-0.4, -0.2) is 20.9 Å². The quantitative estimate of drug-likeness (QED) is 0.422. The van der Waals surface area contributed by atoms with Crippen molar-refractivity contribution in [2.24, 2.45) is 0 Å². The van der Waals surface area contributed by atoms with Crippen molar-refractivity contribution >= 4 is 19.6 Å². The Morgan fingerprint density at radius 3 is 2.25 bits per heavy atom. The Morgan fingerprint density at radius 2 is 1.81 bits per heavy atom. The largest absolute Gasteiger partial charge is 0.477 e. The average molecular weight is 240 g/mol. The van der Waals surface area contributed by atoms with Gasteiger partial charge in [-0.2, -0.15) is 0 Å². The molecule has 0 fully saturated rings. The molecule has 1 aromatic rings. The van der Waals surface area contributed by atoms with E-state index in [0.717, 1.165) is 0 Å². The van der Waals surface area contributed by atoms with Gasteiger partial charge in [-0.25, -0.2) is 4.79 Å². The molecule has 0 unspecified atom stereocenters. The highest BCUT2D eigenvalue weighted by Gasteiger charge is 2.27. The van der Waals surface area contributed by atoms with Crippen LogP contribution < -0.4 is 0 Å². The average Bonchev–Trinajstić information content (AvgIpc) is 2.17. The molecular weight excluding hydrogens is 231 g/mol. The van der Waals surface area contributed by atoms with Crippen LogP contribution >= 0.6 is 7.60 Å². The van der Waals surface area contributed by atoms with Crippen molar-refractivity contribution in [3.8, 4) is 0 Å². The van der Waals surface area contributed by atoms with Crippen LogP contribution in [0, 0.1) is 0 Å². The van der Waals surface area contributed by atoms with E-state index in [-0.39, 0.29) is 0 Å². The first kappa shape index (κ1) is 12.4. The number of hydrogen-bond donors (Lipinski definition) is 3. The van der Waals surface area contributed by atoms with Crippen molar-refractivity contribution in [1.29, 1.82) is 0 Å². The zero-order valence-corrected chi connectivity index (χ0v) is 8.96. The van der Waals surface area contributed by atoms with E-state index < -0.39 is 18.9 Å². The highest BCUT2D eigenvalue weighted by Crippen LogP contribution is 2.44. The monoisotopic (exact) mass is 240 g/mol. The Kier molecular flexibility index (Phi) is 3.82. The summed E-state index contributed by atoms with van der Waals surface area (Å²) in [6.07, 6.45) is 1.21. The zero-order valence-electron chi connectivity index (χ0n) is 8.07. The van der Waals surface area contributed by atoms with Crippen LogP contribution in [0.15, 0.2) is 41.4 Å². The van der Waals surface area contributed by atoms with E-state index in [9.17, 15) is 9.36 Å². The number of hydrogen-bond acceptors (Lipinski definition) is 2. The summed E-state index contributed by atoms with van der Waals surface area (Å²) >= 11 is 0. The standard InChI is InChI=1S/C10H9O5P/c11-10(12)9(16(13,14)15)7-6-8-4-2-1-3-5-8/h1-6H,(H,11,12)(H2,13,14,15). The molecule has 6 heteroatoms. The molecule has 0 saturated heterocycles. The van der Waals surface area contributed by atoms with Crippen molar-refractivity contribution in [3.63, 3.8) is 0 Å². The Hall–Kier alpha value is -1.64. The first-order chi connectivity index (χ1) is 7.41. The van der Waals surface area contributed by atoms with Gasteiger partial charge in [-0.3, -0.25) is 4.57 Å². The summed E-state index contributed by atoms with van der Waals surface area (Å²) in [6, 6.07) is 8.51. The summed E-state index contributed by atoms with van der Waals surface area (Å²) in [6.45, 7) is 0. The molecule has 0 aliphatic rings. The molecule has 0 atom stereocenters. The lowest BCUT2D eigenvalue weighted by atomic mass is 10.2. The third-order valence-electron chi connectivity index (χ3n) is 1.67. The second-order valence-electron chi connectivity index (χ2n) is 2.90. The van der Waals surface area contributed by atoms with Crippen LogP contribution in [0.5, 0.6) is 0 Å². The number of carbonyl (C=O) groups is 1. The third kappa shape index (κ3) is 3.50. The lowest BCUT2D eigenvalue weighted by Gasteiger charge is -2.00. The second kappa shape index (κ2) is 4.92. The van der Waals surface area contributed by atoms with Crippen molar-refractivity contribution < 1.29 is 24.3 Å². The van der Waals surface area contributed by atoms with E-state index in [1.165, 1.54) is 6.08 Å². The maximum absolute atomic E-state index is 10.8. The minimum atomic E-state index is -4.79. The number of carboxylic acids is 1. The van der Waals surface area contributed by atoms with Gasteiger partial charge >= 0.3 is 13.6 Å². The maximum atomic E-state index is 10.8. The number of carboxylic acid groups (broad SMARTS) is 1. The predicted octanol–water partition coefficient (Wildman–Crippen LogP) is 1.44. The van der Waals surface area contributed by atoms with Gasteiger partial charge in [0.1, 0.15) is 0 Å². The number of benzene rings is 1. The molecule has 0 spiro atoms. The Balaban J connectivity index is 3.19. The SMILES string of the molecule is O=C(O)C(=C=Cc1ccccc1)P(=O)(O)O. The minimum Gasteiger partial charge on any atom is -0.477 e. The Bertz CT molecular complexity index is 493. The summed E-state index contributed by atoms with van der Waals surface area (Å²) in [5.74, 6) is -1.68. The topological polar surface area (TPSA) is 94.8 Å². The van der Waals surface area contributed by atoms with Gasteiger partial charge in [-0.1, -0.05) is 36.1 Å². The minimum absolute atomic E-state index is 0.606. The van der Waals surface area contributed by atoms with Crippen LogP contribution in [0.25, 0.3) is 6.08 Å². The van der Waals surface area contributed by atoms with E-state index in [0.29, 0.717) is 5.56 Å². The van der Waals surface area contributed by atoms with Crippen LogP contribution in [0.3, 0.4) is 0 Å². The van der Waals surface area contributed by atoms with Gasteiger partial charge in [0.25, 0.3) is 0 Å². The van der Waals surface area contributed by atoms with Crippen LogP contribution in [0.1, 0.15) is 5.56 Å². The van der Waals surface area contributed by atoms with Crippen LogP contribution in [0.2, 0.25) is 0 Å². The molecule has 84 valence electrons. The third-order valence-corrected chi connectivity index (χ3v) is 2.57. The molecule has 0 heterocycles. The van der Waals surface area contributed by atoms with E-state index in [1.807, 2.05) is 0 Å². The van der Waals surface area contributed by atoms with E-state index in [1.54, 1.807) is 30.3 Å². The van der Waals surface area contributed by atoms with Gasteiger partial charge < -0.3 is 14.9 Å². The van der Waals surface area contributed by atoms with Crippen molar-refractivity contribution in [2.45, 2.75) is 0 Å². The van der Waals surface area contributed by atoms with Crippen LogP contribution in [-0.2, 0) is 9.36 Å². The molecule has 5 nitrogen and oxygen atoms in total. The molecule has 0 aliphatic carbocycles. The van der Waals surface area contributed by atoms with Crippen LogP contribution in [0.4, 0.5) is 0 Å². The van der Waals surface area contributed by atoms with Crippen molar-refractivity contribution in [1.82, 2.24) is 0 Å². The molecule has 1 aromatic carbocycles. The normalized spacial score (nSPS) is 10.4. The van der Waals surface area contributed by atoms with Gasteiger partial charge in [-0.15, -0.1) is 0 Å². The van der Waals surface area contributed by atoms with E-state index in [2.05, 4.69) is 5.73 Å². The summed E-state index contributed by atoms with van der Waals surface area (Å²) in [4.78, 5) is 28.0. The molecule has 0 saturated carbocycles. The molecule has 0 amide bonds. The summed E-state index contributed by atoms with van der Waals surface area (Å²) in [5, 5.41) is 7.53. The van der Waals surface area contributed by atoms with Gasteiger partial charge in [0, 0.05) is 0 Å². The zero-order chi connectivity index (χ0) is 12.2. The van der Waals surface area contributed by atoms with Gasteiger partial charge in [-0.05, 0) is 11.6 Å². The van der Waals surface area contributed by atoms with Gasteiger partial charge in [0.15, 0.2) is 5.31 Å². The van der Waals surface area contributed by atoms with Crippen molar-refractivity contribution in [3.05, 3.63) is 46.9 Å². The number of aliphatic carboxylic acids is 1. The Labute approximate surface area is 91.5 Å². The molecule has 0 aliphatic heterocycles. The number of rotatable bonds is 3. The first-order valence-corrected chi connectivity index (χ1v) is 5.83. The highest BCUT2D eigenvalue weighted by atomic mass is 31.2. The highest BCUT2D eigenvalue weighted by molar-refractivity contribution is 7.57. The summed E-state index contributed by atoms with van der Waals surface area (Å²) < 4.78 is 10.8.